The van der Waals surface area contributed by atoms with Crippen LogP contribution >= 0.6 is 11.6 Å². The highest BCUT2D eigenvalue weighted by Crippen LogP contribution is 2.34. The van der Waals surface area contributed by atoms with Crippen LogP contribution in [0.3, 0.4) is 0 Å². The van der Waals surface area contributed by atoms with Gasteiger partial charge in [-0.15, -0.1) is 0 Å². The fourth-order valence-electron chi connectivity index (χ4n) is 2.05. The molecule has 1 aromatic heterocycles. The van der Waals surface area contributed by atoms with Crippen LogP contribution in [0.15, 0.2) is 30.5 Å². The van der Waals surface area contributed by atoms with Crippen LogP contribution < -0.4 is 10.2 Å². The molecule has 1 aromatic carbocycles. The molecule has 0 aliphatic heterocycles. The van der Waals surface area contributed by atoms with Gasteiger partial charge in [0.1, 0.15) is 5.82 Å². The van der Waals surface area contributed by atoms with Crippen LogP contribution in [-0.2, 0) is 6.18 Å². The van der Waals surface area contributed by atoms with E-state index in [4.69, 9.17) is 11.6 Å². The van der Waals surface area contributed by atoms with E-state index in [9.17, 15) is 13.2 Å². The third-order valence-electron chi connectivity index (χ3n) is 3.42. The van der Waals surface area contributed by atoms with Crippen LogP contribution in [0.25, 0.3) is 0 Å². The van der Waals surface area contributed by atoms with Gasteiger partial charge in [0, 0.05) is 19.8 Å². The summed E-state index contributed by atoms with van der Waals surface area (Å²) in [4.78, 5) is 10.3. The monoisotopic (exact) mass is 358 g/mol. The lowest BCUT2D eigenvalue weighted by Crippen LogP contribution is -2.20. The Balaban J connectivity index is 2.22. The van der Waals surface area contributed by atoms with Crippen LogP contribution in [0.5, 0.6) is 0 Å². The van der Waals surface area contributed by atoms with Gasteiger partial charge < -0.3 is 10.2 Å². The molecule has 0 unspecified atom stereocenters. The molecule has 0 radical (unpaired) electrons. The minimum Gasteiger partial charge on any atom is -0.360 e. The van der Waals surface area contributed by atoms with Crippen LogP contribution in [0.1, 0.15) is 25.3 Å². The molecule has 0 amide bonds. The Bertz CT molecular complexity index is 691. The summed E-state index contributed by atoms with van der Waals surface area (Å²) in [5.41, 5.74) is -0.675. The Hall–Kier alpha value is -2.02. The van der Waals surface area contributed by atoms with Gasteiger partial charge in [0.05, 0.1) is 16.3 Å². The van der Waals surface area contributed by atoms with Gasteiger partial charge in [-0.05, 0) is 30.7 Å². The number of unbranched alkanes of at least 4 members (excludes halogenated alkanes) is 1. The third kappa shape index (κ3) is 4.74. The van der Waals surface area contributed by atoms with E-state index in [1.54, 1.807) is 12.3 Å². The average Bonchev–Trinajstić information content (AvgIpc) is 2.54. The number of anilines is 3. The number of benzene rings is 1. The van der Waals surface area contributed by atoms with E-state index in [1.807, 2.05) is 11.9 Å². The standard InChI is InChI=1S/C16H18ClF3N4/c1-3-4-9-24(2)14-7-8-21-15(23-14)22-13-10-11(16(18,19)20)5-6-12(13)17/h5-8,10H,3-4,9H2,1-2H3,(H,21,22,23). The van der Waals surface area contributed by atoms with E-state index in [-0.39, 0.29) is 16.7 Å². The zero-order chi connectivity index (χ0) is 17.7. The fourth-order valence-corrected chi connectivity index (χ4v) is 2.21. The number of rotatable bonds is 6. The molecule has 2 aromatic rings. The lowest BCUT2D eigenvalue weighted by molar-refractivity contribution is -0.137. The van der Waals surface area contributed by atoms with Gasteiger partial charge in [-0.3, -0.25) is 0 Å². The largest absolute Gasteiger partial charge is 0.416 e. The molecule has 130 valence electrons. The Kier molecular flexibility index (Phi) is 5.88. The number of nitrogens with zero attached hydrogens (tertiary/aromatic N) is 3. The number of aromatic nitrogens is 2. The van der Waals surface area contributed by atoms with Crippen molar-refractivity contribution in [3.8, 4) is 0 Å². The van der Waals surface area contributed by atoms with Crippen LogP contribution in [0, 0.1) is 0 Å². The molecule has 8 heteroatoms. The van der Waals surface area contributed by atoms with Crippen molar-refractivity contribution in [3.63, 3.8) is 0 Å². The maximum atomic E-state index is 12.8. The van der Waals surface area contributed by atoms with Crippen molar-refractivity contribution in [2.45, 2.75) is 25.9 Å². The highest BCUT2D eigenvalue weighted by atomic mass is 35.5. The van der Waals surface area contributed by atoms with Gasteiger partial charge in [0.15, 0.2) is 0 Å². The maximum Gasteiger partial charge on any atom is 0.416 e. The fraction of sp³-hybridized carbons (Fsp3) is 0.375. The molecule has 2 rings (SSSR count). The van der Waals surface area contributed by atoms with E-state index in [2.05, 4.69) is 22.2 Å². The first kappa shape index (κ1) is 18.3. The summed E-state index contributed by atoms with van der Waals surface area (Å²) in [6, 6.07) is 4.82. The topological polar surface area (TPSA) is 41.1 Å². The van der Waals surface area contributed by atoms with Crippen molar-refractivity contribution in [2.75, 3.05) is 23.8 Å². The summed E-state index contributed by atoms with van der Waals surface area (Å²) >= 11 is 5.97. The summed E-state index contributed by atoms with van der Waals surface area (Å²) < 4.78 is 38.5. The number of alkyl halides is 3. The first-order valence-corrected chi connectivity index (χ1v) is 7.87. The first-order valence-electron chi connectivity index (χ1n) is 7.49. The number of hydrogen-bond acceptors (Lipinski definition) is 4. The number of hydrogen-bond donors (Lipinski definition) is 1. The van der Waals surface area contributed by atoms with E-state index >= 15 is 0 Å². The lowest BCUT2D eigenvalue weighted by atomic mass is 10.2. The second-order valence-electron chi connectivity index (χ2n) is 5.33. The SMILES string of the molecule is CCCCN(C)c1ccnc(Nc2cc(C(F)(F)F)ccc2Cl)n1. The van der Waals surface area contributed by atoms with Crippen molar-refractivity contribution in [2.24, 2.45) is 0 Å². The highest BCUT2D eigenvalue weighted by Gasteiger charge is 2.31. The second-order valence-corrected chi connectivity index (χ2v) is 5.74. The molecule has 24 heavy (non-hydrogen) atoms. The molecule has 1 heterocycles. The molecule has 0 bridgehead atoms. The number of halogens is 4. The van der Waals surface area contributed by atoms with Crippen LogP contribution in [0.4, 0.5) is 30.6 Å². The zero-order valence-electron chi connectivity index (χ0n) is 13.4. The van der Waals surface area contributed by atoms with Crippen molar-refractivity contribution >= 4 is 29.1 Å². The third-order valence-corrected chi connectivity index (χ3v) is 3.75. The smallest absolute Gasteiger partial charge is 0.360 e. The molecule has 0 fully saturated rings. The zero-order valence-corrected chi connectivity index (χ0v) is 14.1. The van der Waals surface area contributed by atoms with Crippen molar-refractivity contribution in [3.05, 3.63) is 41.0 Å². The van der Waals surface area contributed by atoms with Crippen molar-refractivity contribution < 1.29 is 13.2 Å². The maximum absolute atomic E-state index is 12.8. The summed E-state index contributed by atoms with van der Waals surface area (Å²) in [5.74, 6) is 0.876. The Morgan fingerprint density at radius 3 is 2.67 bits per heavy atom. The minimum atomic E-state index is -4.44. The average molecular weight is 359 g/mol. The quantitative estimate of drug-likeness (QED) is 0.777. The predicted molar refractivity (Wildman–Crippen MR) is 89.9 cm³/mol. The van der Waals surface area contributed by atoms with Crippen LogP contribution in [0.2, 0.25) is 5.02 Å². The van der Waals surface area contributed by atoms with Gasteiger partial charge >= 0.3 is 6.18 Å². The van der Waals surface area contributed by atoms with E-state index in [0.717, 1.165) is 31.5 Å². The summed E-state index contributed by atoms with van der Waals surface area (Å²) in [6.07, 6.45) is -0.818. The predicted octanol–water partition coefficient (Wildman–Crippen LogP) is 5.13. The van der Waals surface area contributed by atoms with Gasteiger partial charge in [-0.2, -0.15) is 18.2 Å². The molecule has 0 saturated carbocycles. The molecule has 0 spiro atoms. The summed E-state index contributed by atoms with van der Waals surface area (Å²) in [5, 5.41) is 2.92. The van der Waals surface area contributed by atoms with Gasteiger partial charge in [0.25, 0.3) is 0 Å². The Labute approximate surface area is 143 Å². The minimum absolute atomic E-state index is 0.111. The van der Waals surface area contributed by atoms with Crippen molar-refractivity contribution in [1.82, 2.24) is 9.97 Å². The molecule has 1 N–H and O–H groups in total. The number of nitrogens with one attached hydrogen (secondary N) is 1. The molecule has 0 aliphatic rings. The molecule has 0 atom stereocenters. The molecule has 4 nitrogen and oxygen atoms in total. The van der Waals surface area contributed by atoms with E-state index < -0.39 is 11.7 Å². The van der Waals surface area contributed by atoms with E-state index in [0.29, 0.717) is 5.82 Å². The highest BCUT2D eigenvalue weighted by molar-refractivity contribution is 6.33. The first-order chi connectivity index (χ1) is 11.3. The van der Waals surface area contributed by atoms with Gasteiger partial charge in [-0.25, -0.2) is 4.98 Å². The van der Waals surface area contributed by atoms with Crippen molar-refractivity contribution in [1.29, 1.82) is 0 Å². The lowest BCUT2D eigenvalue weighted by Gasteiger charge is -2.18. The summed E-state index contributed by atoms with van der Waals surface area (Å²) in [7, 11) is 1.90. The van der Waals surface area contributed by atoms with Crippen LogP contribution in [-0.4, -0.2) is 23.6 Å². The molecule has 0 aliphatic carbocycles. The second kappa shape index (κ2) is 7.70. The Morgan fingerprint density at radius 1 is 1.25 bits per heavy atom. The van der Waals surface area contributed by atoms with Gasteiger partial charge in [-0.1, -0.05) is 24.9 Å². The molecular weight excluding hydrogens is 341 g/mol. The summed E-state index contributed by atoms with van der Waals surface area (Å²) in [6.45, 7) is 2.92. The molecular formula is C16H18ClF3N4. The normalized spacial score (nSPS) is 11.4. The Morgan fingerprint density at radius 2 is 2.00 bits per heavy atom. The van der Waals surface area contributed by atoms with E-state index in [1.165, 1.54) is 6.07 Å². The van der Waals surface area contributed by atoms with Gasteiger partial charge in [0.2, 0.25) is 5.95 Å². The molecule has 0 saturated heterocycles.